The van der Waals surface area contributed by atoms with Crippen LogP contribution in [0.15, 0.2) is 36.9 Å². The van der Waals surface area contributed by atoms with Gasteiger partial charge in [-0.05, 0) is 38.5 Å². The SMILES string of the molecule is CCNC(=O)[C@H]1O[C@@H](n2cnc3c(NCc4cccc(F)c4)ncnc32)[C@@H]2OC(C)(C)O[C@@H]21. The van der Waals surface area contributed by atoms with Gasteiger partial charge < -0.3 is 24.8 Å². The summed E-state index contributed by atoms with van der Waals surface area (Å²) >= 11 is 0. The van der Waals surface area contributed by atoms with Gasteiger partial charge in [0.25, 0.3) is 5.91 Å². The van der Waals surface area contributed by atoms with Gasteiger partial charge in [0, 0.05) is 13.1 Å². The van der Waals surface area contributed by atoms with Crippen molar-refractivity contribution in [3.8, 4) is 0 Å². The Morgan fingerprint density at radius 2 is 2.03 bits per heavy atom. The highest BCUT2D eigenvalue weighted by atomic mass is 19.1. The molecule has 0 aliphatic carbocycles. The van der Waals surface area contributed by atoms with E-state index in [1.54, 1.807) is 30.8 Å². The van der Waals surface area contributed by atoms with E-state index in [1.807, 2.05) is 13.0 Å². The van der Waals surface area contributed by atoms with Crippen molar-refractivity contribution < 1.29 is 23.4 Å². The second-order valence-electron chi connectivity index (χ2n) is 8.44. The molecule has 3 aromatic rings. The third kappa shape index (κ3) is 4.03. The fourth-order valence-electron chi connectivity index (χ4n) is 4.29. The van der Waals surface area contributed by atoms with Crippen molar-refractivity contribution >= 4 is 22.9 Å². The molecule has 2 aliphatic heterocycles. The molecule has 2 aromatic heterocycles. The predicted molar refractivity (Wildman–Crippen MR) is 115 cm³/mol. The maximum atomic E-state index is 13.5. The Hall–Kier alpha value is -3.15. The minimum atomic E-state index is -0.856. The molecule has 33 heavy (non-hydrogen) atoms. The number of benzene rings is 1. The number of likely N-dealkylation sites (N-methyl/N-ethyl adjacent to an activating group) is 1. The van der Waals surface area contributed by atoms with Crippen LogP contribution in [0.5, 0.6) is 0 Å². The molecule has 4 atom stereocenters. The first-order chi connectivity index (χ1) is 15.9. The van der Waals surface area contributed by atoms with Crippen LogP contribution >= 0.6 is 0 Å². The van der Waals surface area contributed by atoms with Crippen LogP contribution in [0.3, 0.4) is 0 Å². The van der Waals surface area contributed by atoms with E-state index >= 15 is 0 Å². The van der Waals surface area contributed by atoms with Gasteiger partial charge in [0.2, 0.25) is 0 Å². The number of rotatable bonds is 6. The molecular weight excluding hydrogens is 431 g/mol. The molecule has 0 unspecified atom stereocenters. The summed E-state index contributed by atoms with van der Waals surface area (Å²) in [5, 5.41) is 5.97. The summed E-state index contributed by atoms with van der Waals surface area (Å²) < 4.78 is 33.4. The third-order valence-corrected chi connectivity index (χ3v) is 5.62. The summed E-state index contributed by atoms with van der Waals surface area (Å²) in [7, 11) is 0. The van der Waals surface area contributed by atoms with Crippen molar-refractivity contribution in [2.75, 3.05) is 11.9 Å². The van der Waals surface area contributed by atoms with E-state index in [0.717, 1.165) is 5.56 Å². The molecule has 10 nitrogen and oxygen atoms in total. The molecule has 1 aromatic carbocycles. The second-order valence-corrected chi connectivity index (χ2v) is 8.44. The van der Waals surface area contributed by atoms with Crippen molar-refractivity contribution in [1.29, 1.82) is 0 Å². The number of carbonyl (C=O) groups is 1. The van der Waals surface area contributed by atoms with Gasteiger partial charge in [-0.15, -0.1) is 0 Å². The molecule has 11 heteroatoms. The van der Waals surface area contributed by atoms with E-state index in [9.17, 15) is 9.18 Å². The van der Waals surface area contributed by atoms with Crippen LogP contribution in [0.25, 0.3) is 11.2 Å². The number of ether oxygens (including phenoxy) is 3. The molecule has 2 aliphatic rings. The van der Waals surface area contributed by atoms with Gasteiger partial charge in [-0.25, -0.2) is 19.3 Å². The zero-order chi connectivity index (χ0) is 23.2. The van der Waals surface area contributed by atoms with Gasteiger partial charge in [0.05, 0.1) is 6.33 Å². The maximum Gasteiger partial charge on any atom is 0.252 e. The molecule has 174 valence electrons. The number of halogens is 1. The maximum absolute atomic E-state index is 13.5. The number of hydrogen-bond donors (Lipinski definition) is 2. The molecule has 0 saturated carbocycles. The van der Waals surface area contributed by atoms with E-state index < -0.39 is 30.3 Å². The molecule has 2 fully saturated rings. The topological polar surface area (TPSA) is 112 Å². The lowest BCUT2D eigenvalue weighted by molar-refractivity contribution is -0.197. The lowest BCUT2D eigenvalue weighted by Crippen LogP contribution is -2.42. The number of nitrogens with zero attached hydrogens (tertiary/aromatic N) is 4. The molecule has 0 bridgehead atoms. The highest BCUT2D eigenvalue weighted by molar-refractivity contribution is 5.83. The monoisotopic (exact) mass is 456 g/mol. The van der Waals surface area contributed by atoms with Crippen LogP contribution in [-0.4, -0.2) is 56.1 Å². The fraction of sp³-hybridized carbons (Fsp3) is 0.455. The zero-order valence-corrected chi connectivity index (χ0v) is 18.5. The average molecular weight is 456 g/mol. The molecule has 2 saturated heterocycles. The Balaban J connectivity index is 1.44. The summed E-state index contributed by atoms with van der Waals surface area (Å²) in [5.74, 6) is -0.914. The lowest BCUT2D eigenvalue weighted by Gasteiger charge is -2.24. The number of hydrogen-bond acceptors (Lipinski definition) is 8. The van der Waals surface area contributed by atoms with Crippen molar-refractivity contribution in [2.45, 2.75) is 57.6 Å². The Labute approximate surface area is 189 Å². The number of amides is 1. The molecule has 4 heterocycles. The van der Waals surface area contributed by atoms with E-state index in [1.165, 1.54) is 18.5 Å². The Morgan fingerprint density at radius 1 is 1.21 bits per heavy atom. The molecule has 1 amide bonds. The Morgan fingerprint density at radius 3 is 2.82 bits per heavy atom. The van der Waals surface area contributed by atoms with Gasteiger partial charge in [0.1, 0.15) is 24.4 Å². The summed E-state index contributed by atoms with van der Waals surface area (Å²) in [6, 6.07) is 6.32. The van der Waals surface area contributed by atoms with Gasteiger partial charge in [-0.2, -0.15) is 0 Å². The number of imidazole rings is 1. The first-order valence-electron chi connectivity index (χ1n) is 10.8. The smallest absolute Gasteiger partial charge is 0.252 e. The van der Waals surface area contributed by atoms with Gasteiger partial charge in [-0.3, -0.25) is 9.36 Å². The summed E-state index contributed by atoms with van der Waals surface area (Å²) in [6.07, 6.45) is 0.415. The van der Waals surface area contributed by atoms with Crippen molar-refractivity contribution in [1.82, 2.24) is 24.8 Å². The van der Waals surface area contributed by atoms with Crippen molar-refractivity contribution in [2.24, 2.45) is 0 Å². The van der Waals surface area contributed by atoms with Crippen LogP contribution in [-0.2, 0) is 25.5 Å². The van der Waals surface area contributed by atoms with Gasteiger partial charge >= 0.3 is 0 Å². The molecule has 5 rings (SSSR count). The van der Waals surface area contributed by atoms with Crippen molar-refractivity contribution in [3.05, 3.63) is 48.3 Å². The van der Waals surface area contributed by atoms with Crippen LogP contribution in [0.1, 0.15) is 32.6 Å². The van der Waals surface area contributed by atoms with Crippen LogP contribution in [0.2, 0.25) is 0 Å². The number of carbonyl (C=O) groups excluding carboxylic acids is 1. The highest BCUT2D eigenvalue weighted by Crippen LogP contribution is 2.44. The molecule has 2 N–H and O–H groups in total. The largest absolute Gasteiger partial charge is 0.364 e. The average Bonchev–Trinajstić information content (AvgIpc) is 3.43. The molecular formula is C22H25FN6O4. The summed E-state index contributed by atoms with van der Waals surface area (Å²) in [6.45, 7) is 6.30. The molecule has 0 spiro atoms. The van der Waals surface area contributed by atoms with Crippen LogP contribution < -0.4 is 10.6 Å². The Bertz CT molecular complexity index is 1180. The van der Waals surface area contributed by atoms with Gasteiger partial charge in [-0.1, -0.05) is 12.1 Å². The van der Waals surface area contributed by atoms with E-state index in [0.29, 0.717) is 30.1 Å². The minimum absolute atomic E-state index is 0.257. The first-order valence-corrected chi connectivity index (χ1v) is 10.8. The summed E-state index contributed by atoms with van der Waals surface area (Å²) in [4.78, 5) is 25.8. The second kappa shape index (κ2) is 8.32. The van der Waals surface area contributed by atoms with Crippen molar-refractivity contribution in [3.63, 3.8) is 0 Å². The fourth-order valence-corrected chi connectivity index (χ4v) is 4.29. The first kappa shape index (κ1) is 21.7. The van der Waals surface area contributed by atoms with Crippen LogP contribution in [0, 0.1) is 5.82 Å². The highest BCUT2D eigenvalue weighted by Gasteiger charge is 2.58. The summed E-state index contributed by atoms with van der Waals surface area (Å²) in [5.41, 5.74) is 1.81. The zero-order valence-electron chi connectivity index (χ0n) is 18.5. The lowest BCUT2D eigenvalue weighted by atomic mass is 10.1. The van der Waals surface area contributed by atoms with Crippen LogP contribution in [0.4, 0.5) is 10.2 Å². The number of anilines is 1. The number of aromatic nitrogens is 4. The standard InChI is InChI=1S/C22H25FN6O4/c1-4-24-20(30)16-15-17(33-22(2,3)32-15)21(31-16)29-11-28-14-18(26-10-27-19(14)29)25-9-12-6-5-7-13(23)8-12/h5-8,10-11,15-17,21H,4,9H2,1-3H3,(H,24,30)(H,25,26,27)/t15-,16+,17-,21-/m1/s1. The normalized spacial score (nSPS) is 25.8. The predicted octanol–water partition coefficient (Wildman–Crippen LogP) is 2.13. The quantitative estimate of drug-likeness (QED) is 0.580. The minimum Gasteiger partial charge on any atom is -0.364 e. The van der Waals surface area contributed by atoms with E-state index in [4.69, 9.17) is 14.2 Å². The number of fused-ring (bicyclic) bond motifs is 2. The number of nitrogens with one attached hydrogen (secondary N) is 2. The van der Waals surface area contributed by atoms with E-state index in [-0.39, 0.29) is 11.7 Å². The Kier molecular flexibility index (Phi) is 5.47. The third-order valence-electron chi connectivity index (χ3n) is 5.62. The van der Waals surface area contributed by atoms with Gasteiger partial charge in [0.15, 0.2) is 35.1 Å². The van der Waals surface area contributed by atoms with E-state index in [2.05, 4.69) is 25.6 Å². The molecule has 0 radical (unpaired) electrons.